The number of carbonyl (C=O) groups excluding carboxylic acids is 1. The number of hydrogen-bond donors (Lipinski definition) is 1. The summed E-state index contributed by atoms with van der Waals surface area (Å²) in [7, 11) is 0. The molecule has 0 spiro atoms. The quantitative estimate of drug-likeness (QED) is 0.0685. The second-order valence-corrected chi connectivity index (χ2v) is 22.3. The second kappa shape index (κ2) is 22.8. The third-order valence-electron chi connectivity index (χ3n) is 18.0. The molecule has 0 heterocycles. The molecule has 5 heteroatoms. The summed E-state index contributed by atoms with van der Waals surface area (Å²) in [4.78, 5) is 14.6. The molecule has 396 valence electrons. The molecule has 0 fully saturated rings. The van der Waals surface area contributed by atoms with E-state index in [-0.39, 0.29) is 29.2 Å². The molecule has 9 rings (SSSR count). The van der Waals surface area contributed by atoms with Gasteiger partial charge in [0, 0.05) is 5.41 Å². The molecule has 1 aliphatic rings. The standard InChI is InChI=1S/C72H78O5/c1-10-69(9,11-2)50-75-48-51-26-36-57(37-27-51)68(7,8)58-42-46-62(47-43-58)77-71(14-5,15-6)70(12-3,13-4)67(74)76-49-52-24-28-53(29-25-52)54-30-38-59(39-31-54)72(60-40-32-55(33-41-60)56-34-44-61(73)45-35-56)65-22-18-16-20-63(65)64-21-17-19-23-66(64)72/h16-47,73H,10-15,48-50H2,1-9H3. The Morgan fingerprint density at radius 2 is 0.883 bits per heavy atom. The summed E-state index contributed by atoms with van der Waals surface area (Å²) in [6.45, 7) is 21.3. The summed E-state index contributed by atoms with van der Waals surface area (Å²) in [5.74, 6) is 0.789. The smallest absolute Gasteiger partial charge is 0.316 e. The van der Waals surface area contributed by atoms with Crippen molar-refractivity contribution in [2.75, 3.05) is 6.61 Å². The fourth-order valence-electron chi connectivity index (χ4n) is 12.3. The topological polar surface area (TPSA) is 65.0 Å². The van der Waals surface area contributed by atoms with Crippen LogP contribution in [0.5, 0.6) is 11.5 Å². The predicted octanol–water partition coefficient (Wildman–Crippen LogP) is 18.2. The van der Waals surface area contributed by atoms with Gasteiger partial charge in [0.15, 0.2) is 0 Å². The van der Waals surface area contributed by atoms with Crippen molar-refractivity contribution < 1.29 is 24.1 Å². The minimum Gasteiger partial charge on any atom is -0.508 e. The lowest BCUT2D eigenvalue weighted by atomic mass is 9.65. The Bertz CT molecular complexity index is 3180. The highest BCUT2D eigenvalue weighted by Gasteiger charge is 2.55. The van der Waals surface area contributed by atoms with E-state index in [1.54, 1.807) is 12.1 Å². The maximum Gasteiger partial charge on any atom is 0.316 e. The molecule has 1 N–H and O–H groups in total. The van der Waals surface area contributed by atoms with E-state index in [4.69, 9.17) is 14.2 Å². The van der Waals surface area contributed by atoms with E-state index in [9.17, 15) is 9.90 Å². The first-order chi connectivity index (χ1) is 37.2. The van der Waals surface area contributed by atoms with Gasteiger partial charge in [-0.3, -0.25) is 4.79 Å². The van der Waals surface area contributed by atoms with Crippen LogP contribution in [0.4, 0.5) is 0 Å². The van der Waals surface area contributed by atoms with Crippen LogP contribution < -0.4 is 4.74 Å². The molecule has 0 saturated carbocycles. The molecule has 77 heavy (non-hydrogen) atoms. The Hall–Kier alpha value is -7.21. The largest absolute Gasteiger partial charge is 0.508 e. The number of phenols is 1. The first-order valence-electron chi connectivity index (χ1n) is 28.2. The van der Waals surface area contributed by atoms with Crippen LogP contribution in [-0.4, -0.2) is 23.3 Å². The molecular weight excluding hydrogens is 945 g/mol. The molecule has 8 aromatic carbocycles. The zero-order valence-electron chi connectivity index (χ0n) is 46.9. The van der Waals surface area contributed by atoms with Crippen LogP contribution in [0, 0.1) is 10.8 Å². The van der Waals surface area contributed by atoms with Crippen molar-refractivity contribution in [2.45, 2.75) is 130 Å². The number of esters is 1. The lowest BCUT2D eigenvalue weighted by molar-refractivity contribution is -0.177. The molecule has 0 radical (unpaired) electrons. The molecule has 1 aliphatic carbocycles. The molecule has 0 bridgehead atoms. The Morgan fingerprint density at radius 3 is 1.34 bits per heavy atom. The van der Waals surface area contributed by atoms with Gasteiger partial charge in [-0.25, -0.2) is 0 Å². The summed E-state index contributed by atoms with van der Waals surface area (Å²) in [6, 6.07) is 68.6. The lowest BCUT2D eigenvalue weighted by Crippen LogP contribution is -2.56. The van der Waals surface area contributed by atoms with E-state index in [0.717, 1.165) is 53.0 Å². The molecule has 0 unspecified atom stereocenters. The van der Waals surface area contributed by atoms with Crippen LogP contribution >= 0.6 is 0 Å². The number of ether oxygens (including phenoxy) is 3. The van der Waals surface area contributed by atoms with Gasteiger partial charge in [0.25, 0.3) is 0 Å². The van der Waals surface area contributed by atoms with Crippen molar-refractivity contribution in [1.29, 1.82) is 0 Å². The summed E-state index contributed by atoms with van der Waals surface area (Å²) < 4.78 is 19.5. The minimum atomic E-state index is -0.861. The molecule has 0 aromatic heterocycles. The zero-order valence-corrected chi connectivity index (χ0v) is 46.9. The van der Waals surface area contributed by atoms with Gasteiger partial charge >= 0.3 is 5.97 Å². The fraction of sp³-hybridized carbons (Fsp3) is 0.319. The molecular formula is C72H78O5. The van der Waals surface area contributed by atoms with Crippen LogP contribution in [-0.2, 0) is 38.3 Å². The Kier molecular flexibility index (Phi) is 16.1. The monoisotopic (exact) mass is 1020 g/mol. The number of phenolic OH excluding ortho intramolecular Hbond substituents is 1. The summed E-state index contributed by atoms with van der Waals surface area (Å²) >= 11 is 0. The van der Waals surface area contributed by atoms with Crippen molar-refractivity contribution in [2.24, 2.45) is 10.8 Å². The Balaban J connectivity index is 0.893. The molecule has 8 aromatic rings. The summed E-state index contributed by atoms with van der Waals surface area (Å²) in [6.07, 6.45) is 4.70. The maximum atomic E-state index is 14.6. The number of rotatable bonds is 22. The number of fused-ring (bicyclic) bond motifs is 3. The first-order valence-corrected chi connectivity index (χ1v) is 28.2. The third kappa shape index (κ3) is 10.3. The van der Waals surface area contributed by atoms with Crippen molar-refractivity contribution in [3.63, 3.8) is 0 Å². The van der Waals surface area contributed by atoms with Gasteiger partial charge in [0.2, 0.25) is 0 Å². The molecule has 0 saturated heterocycles. The molecule has 0 aliphatic heterocycles. The summed E-state index contributed by atoms with van der Waals surface area (Å²) in [5, 5.41) is 9.94. The van der Waals surface area contributed by atoms with Gasteiger partial charge in [-0.05, 0) is 146 Å². The predicted molar refractivity (Wildman–Crippen MR) is 316 cm³/mol. The van der Waals surface area contributed by atoms with Gasteiger partial charge in [0.1, 0.15) is 29.1 Å². The van der Waals surface area contributed by atoms with Gasteiger partial charge in [-0.15, -0.1) is 0 Å². The van der Waals surface area contributed by atoms with E-state index < -0.39 is 16.4 Å². The average molecular weight is 1020 g/mol. The highest BCUT2D eigenvalue weighted by atomic mass is 16.5. The number of benzene rings is 8. The van der Waals surface area contributed by atoms with Crippen molar-refractivity contribution in [3.05, 3.63) is 239 Å². The van der Waals surface area contributed by atoms with Crippen LogP contribution in [0.2, 0.25) is 0 Å². The normalized spacial score (nSPS) is 13.2. The zero-order chi connectivity index (χ0) is 54.4. The Morgan fingerprint density at radius 1 is 0.468 bits per heavy atom. The molecule has 0 amide bonds. The summed E-state index contributed by atoms with van der Waals surface area (Å²) in [5.41, 5.74) is 14.1. The van der Waals surface area contributed by atoms with Gasteiger partial charge in [0.05, 0.1) is 18.6 Å². The molecule has 5 nitrogen and oxygen atoms in total. The SMILES string of the molecule is CCC(C)(CC)COCc1ccc(C(C)(C)c2ccc(OC(CC)(CC)C(CC)(CC)C(=O)OCc3ccc(-c4ccc(C5(c6ccc(-c7ccc(O)cc7)cc6)c6ccccc6-c6ccccc65)cc4)cc3)cc2)cc1. The van der Waals surface area contributed by atoms with Gasteiger partial charge in [-0.2, -0.15) is 0 Å². The van der Waals surface area contributed by atoms with E-state index in [1.807, 2.05) is 12.1 Å². The van der Waals surface area contributed by atoms with E-state index in [1.165, 1.54) is 50.1 Å². The second-order valence-electron chi connectivity index (χ2n) is 22.3. The highest BCUT2D eigenvalue weighted by molar-refractivity contribution is 5.87. The first kappa shape index (κ1) is 54.6. The van der Waals surface area contributed by atoms with Crippen LogP contribution in [0.15, 0.2) is 194 Å². The van der Waals surface area contributed by atoms with Gasteiger partial charge in [-0.1, -0.05) is 232 Å². The highest BCUT2D eigenvalue weighted by Crippen LogP contribution is 2.56. The number of carbonyl (C=O) groups is 1. The lowest BCUT2D eigenvalue weighted by Gasteiger charge is -2.47. The van der Waals surface area contributed by atoms with Crippen LogP contribution in [0.25, 0.3) is 33.4 Å². The fourth-order valence-corrected chi connectivity index (χ4v) is 12.3. The van der Waals surface area contributed by atoms with Crippen LogP contribution in [0.3, 0.4) is 0 Å². The van der Waals surface area contributed by atoms with Gasteiger partial charge < -0.3 is 19.3 Å². The number of aromatic hydroxyl groups is 1. The van der Waals surface area contributed by atoms with E-state index in [2.05, 4.69) is 232 Å². The average Bonchev–Trinajstić information content (AvgIpc) is 3.93. The minimum absolute atomic E-state index is 0.172. The maximum absolute atomic E-state index is 14.6. The van der Waals surface area contributed by atoms with E-state index >= 15 is 0 Å². The molecule has 0 atom stereocenters. The van der Waals surface area contributed by atoms with Crippen LogP contribution in [0.1, 0.15) is 145 Å². The third-order valence-corrected chi connectivity index (χ3v) is 18.0. The van der Waals surface area contributed by atoms with Crippen molar-refractivity contribution in [3.8, 4) is 44.9 Å². The number of hydrogen-bond acceptors (Lipinski definition) is 5. The van der Waals surface area contributed by atoms with Crippen molar-refractivity contribution in [1.82, 2.24) is 0 Å². The Labute approximate surface area is 459 Å². The van der Waals surface area contributed by atoms with Crippen molar-refractivity contribution >= 4 is 5.97 Å². The van der Waals surface area contributed by atoms with E-state index in [0.29, 0.717) is 32.3 Å².